The first-order valence-corrected chi connectivity index (χ1v) is 6.46. The number of hydrogen-bond donors (Lipinski definition) is 1. The van der Waals surface area contributed by atoms with E-state index in [1.54, 1.807) is 14.2 Å². The van der Waals surface area contributed by atoms with E-state index in [0.717, 1.165) is 25.9 Å². The third-order valence-corrected chi connectivity index (χ3v) is 3.67. The molecule has 2 heterocycles. The Hall–Kier alpha value is -0.910. The first kappa shape index (κ1) is 13.5. The average Bonchev–Trinajstić information content (AvgIpc) is 2.88. The summed E-state index contributed by atoms with van der Waals surface area (Å²) in [6, 6.07) is -0.0766. The van der Waals surface area contributed by atoms with Gasteiger partial charge in [-0.2, -0.15) is 0 Å². The van der Waals surface area contributed by atoms with Gasteiger partial charge < -0.3 is 19.7 Å². The van der Waals surface area contributed by atoms with Gasteiger partial charge in [-0.3, -0.25) is 4.79 Å². The number of methoxy groups -OCH3 is 2. The molecular formula is C13H22N2O3. The lowest BCUT2D eigenvalue weighted by molar-refractivity contribution is -0.133. The van der Waals surface area contributed by atoms with E-state index >= 15 is 0 Å². The van der Waals surface area contributed by atoms with Gasteiger partial charge in [0, 0.05) is 33.9 Å². The highest BCUT2D eigenvalue weighted by Gasteiger charge is 2.32. The van der Waals surface area contributed by atoms with E-state index < -0.39 is 0 Å². The van der Waals surface area contributed by atoms with Crippen molar-refractivity contribution in [3.8, 4) is 0 Å². The highest BCUT2D eigenvalue weighted by Crippen LogP contribution is 2.16. The lowest BCUT2D eigenvalue weighted by Gasteiger charge is -2.28. The minimum absolute atomic E-state index is 0.0766. The van der Waals surface area contributed by atoms with E-state index in [2.05, 4.69) is 11.4 Å². The Morgan fingerprint density at radius 3 is 2.94 bits per heavy atom. The third-order valence-electron chi connectivity index (χ3n) is 3.67. The Morgan fingerprint density at radius 2 is 2.39 bits per heavy atom. The highest BCUT2D eigenvalue weighted by molar-refractivity contribution is 5.82. The number of ether oxygens (including phenoxy) is 2. The second-order valence-electron chi connectivity index (χ2n) is 4.88. The summed E-state index contributed by atoms with van der Waals surface area (Å²) in [6.07, 6.45) is 3.97. The van der Waals surface area contributed by atoms with Crippen LogP contribution in [0.2, 0.25) is 0 Å². The number of rotatable bonds is 4. The van der Waals surface area contributed by atoms with Gasteiger partial charge in [0.15, 0.2) is 0 Å². The zero-order valence-electron chi connectivity index (χ0n) is 11.1. The molecule has 0 aromatic heterocycles. The Morgan fingerprint density at radius 1 is 1.56 bits per heavy atom. The molecule has 2 rings (SSSR count). The lowest BCUT2D eigenvalue weighted by Crippen LogP contribution is -2.45. The zero-order chi connectivity index (χ0) is 13.0. The van der Waals surface area contributed by atoms with Gasteiger partial charge in [-0.05, 0) is 18.4 Å². The van der Waals surface area contributed by atoms with Crippen LogP contribution in [-0.2, 0) is 14.3 Å². The minimum Gasteiger partial charge on any atom is -0.380 e. The van der Waals surface area contributed by atoms with Crippen LogP contribution in [0.4, 0.5) is 0 Å². The van der Waals surface area contributed by atoms with Crippen LogP contribution in [0.3, 0.4) is 0 Å². The monoisotopic (exact) mass is 254 g/mol. The Kier molecular flexibility index (Phi) is 4.74. The van der Waals surface area contributed by atoms with Crippen LogP contribution in [0.1, 0.15) is 12.8 Å². The SMILES string of the molecule is COCC1=CCN(C(=O)C2CC(OC)CN2)CC1. The van der Waals surface area contributed by atoms with Gasteiger partial charge in [-0.1, -0.05) is 6.08 Å². The first-order valence-electron chi connectivity index (χ1n) is 6.46. The third kappa shape index (κ3) is 3.10. The van der Waals surface area contributed by atoms with E-state index in [-0.39, 0.29) is 18.1 Å². The summed E-state index contributed by atoms with van der Waals surface area (Å²) in [5, 5.41) is 3.23. The van der Waals surface area contributed by atoms with E-state index in [9.17, 15) is 4.79 Å². The molecule has 18 heavy (non-hydrogen) atoms. The Balaban J connectivity index is 1.84. The zero-order valence-corrected chi connectivity index (χ0v) is 11.1. The molecule has 1 amide bonds. The van der Waals surface area contributed by atoms with Crippen LogP contribution in [-0.4, -0.2) is 63.4 Å². The molecule has 0 aliphatic carbocycles. The number of hydrogen-bond acceptors (Lipinski definition) is 4. The molecule has 0 radical (unpaired) electrons. The normalized spacial score (nSPS) is 28.3. The predicted octanol–water partition coefficient (Wildman–Crippen LogP) is 0.168. The van der Waals surface area contributed by atoms with Gasteiger partial charge in [0.05, 0.1) is 18.8 Å². The van der Waals surface area contributed by atoms with Crippen molar-refractivity contribution in [3.63, 3.8) is 0 Å². The second kappa shape index (κ2) is 6.31. The van der Waals surface area contributed by atoms with Crippen LogP contribution in [0.5, 0.6) is 0 Å². The summed E-state index contributed by atoms with van der Waals surface area (Å²) in [5.74, 6) is 0.197. The minimum atomic E-state index is -0.0766. The van der Waals surface area contributed by atoms with E-state index in [4.69, 9.17) is 9.47 Å². The fourth-order valence-electron chi connectivity index (χ4n) is 2.52. The van der Waals surface area contributed by atoms with Crippen LogP contribution in [0.25, 0.3) is 0 Å². The van der Waals surface area contributed by atoms with E-state index in [0.29, 0.717) is 13.2 Å². The van der Waals surface area contributed by atoms with Crippen molar-refractivity contribution in [3.05, 3.63) is 11.6 Å². The molecule has 0 saturated carbocycles. The molecule has 0 bridgehead atoms. The summed E-state index contributed by atoms with van der Waals surface area (Å²) in [6.45, 7) is 2.94. The van der Waals surface area contributed by atoms with Gasteiger partial charge in [-0.25, -0.2) is 0 Å². The lowest BCUT2D eigenvalue weighted by atomic mass is 10.1. The molecule has 1 N–H and O–H groups in total. The number of nitrogens with zero attached hydrogens (tertiary/aromatic N) is 1. The Bertz CT molecular complexity index is 330. The fourth-order valence-corrected chi connectivity index (χ4v) is 2.52. The molecule has 2 unspecified atom stereocenters. The number of nitrogens with one attached hydrogen (secondary N) is 1. The molecule has 2 aliphatic heterocycles. The largest absolute Gasteiger partial charge is 0.380 e. The molecular weight excluding hydrogens is 232 g/mol. The van der Waals surface area contributed by atoms with Gasteiger partial charge >= 0.3 is 0 Å². The average molecular weight is 254 g/mol. The maximum Gasteiger partial charge on any atom is 0.240 e. The van der Waals surface area contributed by atoms with Crippen LogP contribution < -0.4 is 5.32 Å². The summed E-state index contributed by atoms with van der Waals surface area (Å²) < 4.78 is 10.4. The van der Waals surface area contributed by atoms with Crippen LogP contribution in [0, 0.1) is 0 Å². The maximum absolute atomic E-state index is 12.3. The van der Waals surface area contributed by atoms with Crippen molar-refractivity contribution >= 4 is 5.91 Å². The van der Waals surface area contributed by atoms with Crippen molar-refractivity contribution in [2.45, 2.75) is 25.0 Å². The predicted molar refractivity (Wildman–Crippen MR) is 68.4 cm³/mol. The van der Waals surface area contributed by atoms with Gasteiger partial charge in [0.25, 0.3) is 0 Å². The molecule has 2 aliphatic rings. The van der Waals surface area contributed by atoms with Gasteiger partial charge in [-0.15, -0.1) is 0 Å². The number of carbonyl (C=O) groups excluding carboxylic acids is 1. The highest BCUT2D eigenvalue weighted by atomic mass is 16.5. The van der Waals surface area contributed by atoms with Crippen molar-refractivity contribution in [2.75, 3.05) is 40.5 Å². The number of amides is 1. The molecule has 2 atom stereocenters. The number of carbonyl (C=O) groups is 1. The molecule has 1 saturated heterocycles. The van der Waals surface area contributed by atoms with E-state index in [1.165, 1.54) is 5.57 Å². The molecule has 1 fully saturated rings. The summed E-state index contributed by atoms with van der Waals surface area (Å²) in [4.78, 5) is 14.2. The fraction of sp³-hybridized carbons (Fsp3) is 0.769. The summed E-state index contributed by atoms with van der Waals surface area (Å²) in [7, 11) is 3.39. The molecule has 0 aromatic rings. The smallest absolute Gasteiger partial charge is 0.240 e. The molecule has 5 nitrogen and oxygen atoms in total. The van der Waals surface area contributed by atoms with Gasteiger partial charge in [0.2, 0.25) is 5.91 Å². The van der Waals surface area contributed by atoms with Crippen molar-refractivity contribution < 1.29 is 14.3 Å². The van der Waals surface area contributed by atoms with Crippen LogP contribution in [0.15, 0.2) is 11.6 Å². The quantitative estimate of drug-likeness (QED) is 0.727. The first-order chi connectivity index (χ1) is 8.74. The summed E-state index contributed by atoms with van der Waals surface area (Å²) >= 11 is 0. The van der Waals surface area contributed by atoms with Crippen molar-refractivity contribution in [1.82, 2.24) is 10.2 Å². The molecule has 0 spiro atoms. The summed E-state index contributed by atoms with van der Waals surface area (Å²) in [5.41, 5.74) is 1.29. The van der Waals surface area contributed by atoms with E-state index in [1.807, 2.05) is 4.90 Å². The topological polar surface area (TPSA) is 50.8 Å². The molecule has 102 valence electrons. The molecule has 5 heteroatoms. The van der Waals surface area contributed by atoms with Crippen molar-refractivity contribution in [2.24, 2.45) is 0 Å². The van der Waals surface area contributed by atoms with Crippen LogP contribution >= 0.6 is 0 Å². The Labute approximate surface area is 108 Å². The molecule has 0 aromatic carbocycles. The standard InChI is InChI=1S/C13H22N2O3/c1-17-9-10-3-5-15(6-4-10)13(16)12-7-11(18-2)8-14-12/h3,11-12,14H,4-9H2,1-2H3. The van der Waals surface area contributed by atoms with Gasteiger partial charge in [0.1, 0.15) is 0 Å². The maximum atomic E-state index is 12.3. The second-order valence-corrected chi connectivity index (χ2v) is 4.88. The van der Waals surface area contributed by atoms with Crippen molar-refractivity contribution in [1.29, 1.82) is 0 Å².